The van der Waals surface area contributed by atoms with E-state index in [-0.39, 0.29) is 24.2 Å². The highest BCUT2D eigenvalue weighted by molar-refractivity contribution is 8.01. The number of aromatic nitrogens is 2. The molecule has 12 heteroatoms. The molecule has 1 aromatic heterocycles. The fourth-order valence-electron chi connectivity index (χ4n) is 2.31. The lowest BCUT2D eigenvalue weighted by Gasteiger charge is -2.19. The van der Waals surface area contributed by atoms with Gasteiger partial charge in [-0.3, -0.25) is 9.59 Å². The second-order valence-electron chi connectivity index (χ2n) is 5.75. The van der Waals surface area contributed by atoms with E-state index in [9.17, 15) is 9.59 Å². The van der Waals surface area contributed by atoms with Gasteiger partial charge in [0.25, 0.3) is 11.8 Å². The molecule has 0 aliphatic rings. The van der Waals surface area contributed by atoms with Crippen LogP contribution in [0.2, 0.25) is 0 Å². The smallest absolute Gasteiger partial charge is 0.260 e. The number of likely N-dealkylation sites (N-methyl/N-ethyl adjacent to an activating group) is 1. The molecule has 2 rings (SSSR count). The van der Waals surface area contributed by atoms with Crippen LogP contribution in [-0.4, -0.2) is 65.7 Å². The number of thioether (sulfide) groups is 1. The molecule has 30 heavy (non-hydrogen) atoms. The van der Waals surface area contributed by atoms with E-state index in [4.69, 9.17) is 15.2 Å². The highest BCUT2D eigenvalue weighted by Crippen LogP contribution is 2.27. The zero-order valence-corrected chi connectivity index (χ0v) is 18.6. The summed E-state index contributed by atoms with van der Waals surface area (Å²) in [4.78, 5) is 25.6. The van der Waals surface area contributed by atoms with Gasteiger partial charge in [-0.15, -0.1) is 10.2 Å². The fourth-order valence-corrected chi connectivity index (χ4v) is 3.74. The normalized spacial score (nSPS) is 10.8. The maximum atomic E-state index is 12.1. The average Bonchev–Trinajstić information content (AvgIpc) is 3.17. The van der Waals surface area contributed by atoms with E-state index in [0.717, 1.165) is 0 Å². The second-order valence-corrected chi connectivity index (χ2v) is 7.98. The Labute approximate surface area is 182 Å². The molecule has 0 saturated heterocycles. The third-order valence-electron chi connectivity index (χ3n) is 3.81. The van der Waals surface area contributed by atoms with Crippen molar-refractivity contribution in [2.45, 2.75) is 18.2 Å². The van der Waals surface area contributed by atoms with E-state index in [0.29, 0.717) is 39.6 Å². The van der Waals surface area contributed by atoms with Crippen molar-refractivity contribution in [1.29, 1.82) is 0 Å². The zero-order valence-electron chi connectivity index (χ0n) is 17.0. The Morgan fingerprint density at radius 1 is 1.30 bits per heavy atom. The number of nitrogens with two attached hydrogens (primary N) is 1. The lowest BCUT2D eigenvalue weighted by molar-refractivity contribution is -0.133. The van der Waals surface area contributed by atoms with Crippen LogP contribution in [0.4, 0.5) is 5.13 Å². The average molecular weight is 453 g/mol. The highest BCUT2D eigenvalue weighted by atomic mass is 32.2. The van der Waals surface area contributed by atoms with Gasteiger partial charge in [-0.25, -0.2) is 5.43 Å². The molecule has 0 aliphatic heterocycles. The van der Waals surface area contributed by atoms with Crippen molar-refractivity contribution in [3.05, 3.63) is 23.8 Å². The molecule has 3 N–H and O–H groups in total. The number of nitrogen functional groups attached to an aromatic ring is 1. The second kappa shape index (κ2) is 12.0. The molecule has 0 spiro atoms. The van der Waals surface area contributed by atoms with Crippen LogP contribution < -0.4 is 20.6 Å². The number of ether oxygens (including phenoxy) is 2. The molecule has 2 amide bonds. The maximum Gasteiger partial charge on any atom is 0.260 e. The lowest BCUT2D eigenvalue weighted by atomic mass is 10.2. The summed E-state index contributed by atoms with van der Waals surface area (Å²) < 4.78 is 11.5. The number of carbonyl (C=O) groups is 2. The highest BCUT2D eigenvalue weighted by Gasteiger charge is 2.12. The third kappa shape index (κ3) is 7.19. The number of nitrogens with one attached hydrogen (secondary N) is 1. The van der Waals surface area contributed by atoms with Crippen molar-refractivity contribution in [2.75, 3.05) is 38.3 Å². The Bertz CT molecular complexity index is 885. The summed E-state index contributed by atoms with van der Waals surface area (Å²) in [7, 11) is 1.51. The SMILES string of the molecule is CCN(CC)C(=O)COc1ccc(C=NNC(=O)CSc2nnc(N)s2)cc1OC. The van der Waals surface area contributed by atoms with E-state index in [1.807, 2.05) is 13.8 Å². The molecule has 0 radical (unpaired) electrons. The maximum absolute atomic E-state index is 12.1. The van der Waals surface area contributed by atoms with Crippen LogP contribution in [0.5, 0.6) is 11.5 Å². The molecule has 0 fully saturated rings. The van der Waals surface area contributed by atoms with E-state index < -0.39 is 0 Å². The number of rotatable bonds is 11. The van der Waals surface area contributed by atoms with Gasteiger partial charge in [-0.1, -0.05) is 23.1 Å². The van der Waals surface area contributed by atoms with Crippen LogP contribution in [-0.2, 0) is 9.59 Å². The van der Waals surface area contributed by atoms with Crippen molar-refractivity contribution in [1.82, 2.24) is 20.5 Å². The molecular formula is C18H24N6O4S2. The van der Waals surface area contributed by atoms with Gasteiger partial charge >= 0.3 is 0 Å². The van der Waals surface area contributed by atoms with E-state index in [1.165, 1.54) is 36.4 Å². The van der Waals surface area contributed by atoms with Gasteiger partial charge in [-0.05, 0) is 37.6 Å². The van der Waals surface area contributed by atoms with Crippen molar-refractivity contribution >= 4 is 46.3 Å². The van der Waals surface area contributed by atoms with Crippen LogP contribution in [0.1, 0.15) is 19.4 Å². The molecule has 0 unspecified atom stereocenters. The van der Waals surface area contributed by atoms with Gasteiger partial charge in [0.05, 0.1) is 19.1 Å². The number of hydrogen-bond acceptors (Lipinski definition) is 10. The van der Waals surface area contributed by atoms with E-state index >= 15 is 0 Å². The van der Waals surface area contributed by atoms with Crippen LogP contribution in [0.3, 0.4) is 0 Å². The number of hydrazone groups is 1. The predicted octanol–water partition coefficient (Wildman–Crippen LogP) is 1.62. The van der Waals surface area contributed by atoms with Gasteiger partial charge in [0.2, 0.25) is 5.13 Å². The molecule has 2 aromatic rings. The van der Waals surface area contributed by atoms with Gasteiger partial charge < -0.3 is 20.1 Å². The summed E-state index contributed by atoms with van der Waals surface area (Å²) in [6.45, 7) is 5.02. The summed E-state index contributed by atoms with van der Waals surface area (Å²) in [6.07, 6.45) is 1.48. The van der Waals surface area contributed by atoms with Gasteiger partial charge in [0, 0.05) is 13.1 Å². The van der Waals surface area contributed by atoms with Crippen LogP contribution in [0, 0.1) is 0 Å². The molecule has 0 bridgehead atoms. The zero-order chi connectivity index (χ0) is 21.9. The summed E-state index contributed by atoms with van der Waals surface area (Å²) in [5, 5.41) is 11.8. The Kier molecular flexibility index (Phi) is 9.35. The number of benzene rings is 1. The Morgan fingerprint density at radius 2 is 2.07 bits per heavy atom. The Hall–Kier alpha value is -2.86. The summed E-state index contributed by atoms with van der Waals surface area (Å²) in [5.74, 6) is 0.674. The minimum absolute atomic E-state index is 0.0700. The minimum atomic E-state index is -0.285. The summed E-state index contributed by atoms with van der Waals surface area (Å²) in [5.41, 5.74) is 8.62. The Balaban J connectivity index is 1.87. The standard InChI is InChI=1S/C18H24N6O4S2/c1-4-24(5-2)16(26)10-28-13-7-6-12(8-14(13)27-3)9-20-21-15(25)11-29-18-23-22-17(19)30-18/h6-9H,4-5,10-11H2,1-3H3,(H2,19,22)(H,21,25). The molecular weight excluding hydrogens is 428 g/mol. The summed E-state index contributed by atoms with van der Waals surface area (Å²) in [6, 6.07) is 5.13. The quantitative estimate of drug-likeness (QED) is 0.299. The first-order chi connectivity index (χ1) is 14.5. The number of anilines is 1. The first-order valence-corrected chi connectivity index (χ1v) is 10.9. The van der Waals surface area contributed by atoms with E-state index in [2.05, 4.69) is 20.7 Å². The molecule has 1 heterocycles. The van der Waals surface area contributed by atoms with Gasteiger partial charge in [0.1, 0.15) is 0 Å². The molecule has 0 saturated carbocycles. The van der Waals surface area contributed by atoms with E-state index in [1.54, 1.807) is 23.1 Å². The molecule has 0 atom stereocenters. The van der Waals surface area contributed by atoms with Crippen molar-refractivity contribution in [3.63, 3.8) is 0 Å². The predicted molar refractivity (Wildman–Crippen MR) is 117 cm³/mol. The van der Waals surface area contributed by atoms with Gasteiger partial charge in [0.15, 0.2) is 22.4 Å². The molecule has 162 valence electrons. The first-order valence-electron chi connectivity index (χ1n) is 9.09. The fraction of sp³-hybridized carbons (Fsp3) is 0.389. The molecule has 10 nitrogen and oxygen atoms in total. The van der Waals surface area contributed by atoms with Crippen molar-refractivity contribution in [2.24, 2.45) is 5.10 Å². The van der Waals surface area contributed by atoms with Crippen LogP contribution in [0.25, 0.3) is 0 Å². The minimum Gasteiger partial charge on any atom is -0.493 e. The van der Waals surface area contributed by atoms with Crippen LogP contribution >= 0.6 is 23.1 Å². The first kappa shape index (κ1) is 23.4. The number of nitrogens with zero attached hydrogens (tertiary/aromatic N) is 4. The molecule has 1 aromatic carbocycles. The number of hydrogen-bond donors (Lipinski definition) is 2. The monoisotopic (exact) mass is 452 g/mol. The Morgan fingerprint density at radius 3 is 2.70 bits per heavy atom. The van der Waals surface area contributed by atoms with Gasteiger partial charge in [-0.2, -0.15) is 5.10 Å². The lowest BCUT2D eigenvalue weighted by Crippen LogP contribution is -2.34. The van der Waals surface area contributed by atoms with Crippen molar-refractivity contribution < 1.29 is 19.1 Å². The topological polar surface area (TPSA) is 132 Å². The number of amides is 2. The van der Waals surface area contributed by atoms with Crippen LogP contribution in [0.15, 0.2) is 27.6 Å². The van der Waals surface area contributed by atoms with Crippen molar-refractivity contribution in [3.8, 4) is 11.5 Å². The largest absolute Gasteiger partial charge is 0.493 e. The number of carbonyl (C=O) groups excluding carboxylic acids is 2. The number of methoxy groups -OCH3 is 1. The molecule has 0 aliphatic carbocycles. The third-order valence-corrected chi connectivity index (χ3v) is 5.69. The summed E-state index contributed by atoms with van der Waals surface area (Å²) >= 11 is 2.44.